The van der Waals surface area contributed by atoms with Crippen molar-refractivity contribution < 1.29 is 9.53 Å². The first-order valence-electron chi connectivity index (χ1n) is 9.95. The predicted molar refractivity (Wildman–Crippen MR) is 120 cm³/mol. The van der Waals surface area contributed by atoms with Gasteiger partial charge < -0.3 is 4.74 Å². The van der Waals surface area contributed by atoms with Crippen LogP contribution >= 0.6 is 11.6 Å². The summed E-state index contributed by atoms with van der Waals surface area (Å²) >= 11 is 6.01. The molecule has 156 valence electrons. The number of hydrogen-bond donors (Lipinski definition) is 0. The number of nitrogens with zero attached hydrogens (tertiary/aromatic N) is 2. The number of aromatic nitrogens is 2. The smallest absolute Gasteiger partial charge is 0.314 e. The Labute approximate surface area is 184 Å². The van der Waals surface area contributed by atoms with Crippen molar-refractivity contribution in [1.29, 1.82) is 0 Å². The van der Waals surface area contributed by atoms with Crippen molar-refractivity contribution >= 4 is 23.2 Å². The third-order valence-corrected chi connectivity index (χ3v) is 5.39. The van der Waals surface area contributed by atoms with E-state index in [1.807, 2.05) is 61.5 Å². The lowest BCUT2D eigenvalue weighted by atomic mass is 9.92. The van der Waals surface area contributed by atoms with Gasteiger partial charge in [-0.3, -0.25) is 14.0 Å². The standard InChI is InChI=1S/C25H21ClN2O3/c1-17-6-5-9-23-27-21(15-24(29)28(17)23)16-31-25(30)22(14-18-7-3-2-4-8-18)19-10-12-20(26)13-11-19/h2-13,15,22H,14,16H2,1H3. The van der Waals surface area contributed by atoms with Crippen LogP contribution in [0.2, 0.25) is 5.02 Å². The molecule has 4 aromatic rings. The average molecular weight is 433 g/mol. The molecule has 6 heteroatoms. The van der Waals surface area contributed by atoms with Gasteiger partial charge in [0.2, 0.25) is 0 Å². The second-order valence-electron chi connectivity index (χ2n) is 7.35. The van der Waals surface area contributed by atoms with Gasteiger partial charge in [-0.2, -0.15) is 0 Å². The zero-order valence-corrected chi connectivity index (χ0v) is 17.8. The molecule has 0 aliphatic rings. The number of hydrogen-bond acceptors (Lipinski definition) is 4. The summed E-state index contributed by atoms with van der Waals surface area (Å²) in [6, 6.07) is 23.8. The molecule has 0 saturated heterocycles. The second-order valence-corrected chi connectivity index (χ2v) is 7.78. The van der Waals surface area contributed by atoms with E-state index in [1.54, 1.807) is 18.2 Å². The van der Waals surface area contributed by atoms with Crippen molar-refractivity contribution in [3.63, 3.8) is 0 Å². The molecule has 0 bridgehead atoms. The lowest BCUT2D eigenvalue weighted by Crippen LogP contribution is -2.21. The topological polar surface area (TPSA) is 60.7 Å². The van der Waals surface area contributed by atoms with Crippen molar-refractivity contribution in [3.8, 4) is 0 Å². The molecule has 0 spiro atoms. The highest BCUT2D eigenvalue weighted by molar-refractivity contribution is 6.30. The number of ether oxygens (including phenoxy) is 1. The molecule has 5 nitrogen and oxygen atoms in total. The number of halogens is 1. The van der Waals surface area contributed by atoms with Crippen molar-refractivity contribution in [2.24, 2.45) is 0 Å². The van der Waals surface area contributed by atoms with Gasteiger partial charge in [-0.15, -0.1) is 0 Å². The Morgan fingerprint density at radius 2 is 1.77 bits per heavy atom. The quantitative estimate of drug-likeness (QED) is 0.413. The number of rotatable bonds is 6. The van der Waals surface area contributed by atoms with Crippen LogP contribution in [0.25, 0.3) is 5.65 Å². The van der Waals surface area contributed by atoms with Crippen LogP contribution in [0.4, 0.5) is 0 Å². The molecule has 1 unspecified atom stereocenters. The first-order valence-corrected chi connectivity index (χ1v) is 10.3. The summed E-state index contributed by atoms with van der Waals surface area (Å²) in [5.41, 5.74) is 3.38. The minimum absolute atomic E-state index is 0.0720. The summed E-state index contributed by atoms with van der Waals surface area (Å²) in [5, 5.41) is 0.603. The predicted octanol–water partition coefficient (Wildman–Crippen LogP) is 4.73. The molecule has 4 rings (SSSR count). The summed E-state index contributed by atoms with van der Waals surface area (Å²) in [5.74, 6) is -0.874. The molecular formula is C25H21ClN2O3. The number of benzene rings is 2. The second kappa shape index (κ2) is 9.14. The molecule has 31 heavy (non-hydrogen) atoms. The Kier molecular flexibility index (Phi) is 6.14. The molecule has 2 heterocycles. The number of fused-ring (bicyclic) bond motifs is 1. The zero-order chi connectivity index (χ0) is 21.8. The zero-order valence-electron chi connectivity index (χ0n) is 17.0. The normalized spacial score (nSPS) is 11.9. The Morgan fingerprint density at radius 3 is 2.52 bits per heavy atom. The van der Waals surface area contributed by atoms with E-state index in [9.17, 15) is 9.59 Å². The van der Waals surface area contributed by atoms with Gasteiger partial charge in [0.15, 0.2) is 0 Å². The van der Waals surface area contributed by atoms with Gasteiger partial charge in [-0.1, -0.05) is 60.1 Å². The SMILES string of the molecule is Cc1cccc2nc(COC(=O)C(Cc3ccccc3)c3ccc(Cl)cc3)cc(=O)n12. The maximum atomic E-state index is 13.0. The molecule has 0 aliphatic heterocycles. The van der Waals surface area contributed by atoms with E-state index < -0.39 is 5.92 Å². The van der Waals surface area contributed by atoms with Crippen LogP contribution in [-0.4, -0.2) is 15.4 Å². The fourth-order valence-electron chi connectivity index (χ4n) is 3.57. The molecule has 0 aliphatic carbocycles. The minimum atomic E-state index is -0.497. The van der Waals surface area contributed by atoms with Crippen molar-refractivity contribution in [2.45, 2.75) is 25.9 Å². The van der Waals surface area contributed by atoms with Crippen LogP contribution in [0, 0.1) is 6.92 Å². The lowest BCUT2D eigenvalue weighted by molar-refractivity contribution is -0.147. The molecule has 1 atom stereocenters. The molecule has 0 N–H and O–H groups in total. The van der Waals surface area contributed by atoms with E-state index in [4.69, 9.17) is 16.3 Å². The first-order chi connectivity index (χ1) is 15.0. The maximum absolute atomic E-state index is 13.0. The van der Waals surface area contributed by atoms with Crippen LogP contribution in [-0.2, 0) is 22.6 Å². The molecule has 2 aromatic heterocycles. The summed E-state index contributed by atoms with van der Waals surface area (Å²) < 4.78 is 7.12. The van der Waals surface area contributed by atoms with Crippen molar-refractivity contribution in [2.75, 3.05) is 0 Å². The highest BCUT2D eigenvalue weighted by Gasteiger charge is 2.23. The number of pyridine rings is 1. The highest BCUT2D eigenvalue weighted by atomic mass is 35.5. The highest BCUT2D eigenvalue weighted by Crippen LogP contribution is 2.24. The van der Waals surface area contributed by atoms with Crippen LogP contribution in [0.1, 0.15) is 28.4 Å². The average Bonchev–Trinajstić information content (AvgIpc) is 2.77. The summed E-state index contributed by atoms with van der Waals surface area (Å²) in [6.07, 6.45) is 0.494. The molecule has 0 amide bonds. The Balaban J connectivity index is 1.57. The number of esters is 1. The third-order valence-electron chi connectivity index (χ3n) is 5.14. The summed E-state index contributed by atoms with van der Waals surface area (Å²) in [4.78, 5) is 30.0. The fraction of sp³-hybridized carbons (Fsp3) is 0.160. The van der Waals surface area contributed by atoms with Gasteiger partial charge in [0.25, 0.3) is 5.56 Å². The van der Waals surface area contributed by atoms with Crippen LogP contribution in [0.3, 0.4) is 0 Å². The van der Waals surface area contributed by atoms with E-state index >= 15 is 0 Å². The van der Waals surface area contributed by atoms with Gasteiger partial charge in [0.1, 0.15) is 12.3 Å². The molecule has 0 fully saturated rings. The fourth-order valence-corrected chi connectivity index (χ4v) is 3.69. The van der Waals surface area contributed by atoms with Crippen molar-refractivity contribution in [1.82, 2.24) is 9.38 Å². The first kappa shape index (κ1) is 20.8. The molecule has 0 radical (unpaired) electrons. The summed E-state index contributed by atoms with van der Waals surface area (Å²) in [7, 11) is 0. The van der Waals surface area contributed by atoms with Crippen LogP contribution in [0.15, 0.2) is 83.7 Å². The lowest BCUT2D eigenvalue weighted by Gasteiger charge is -2.17. The van der Waals surface area contributed by atoms with Gasteiger partial charge in [0.05, 0.1) is 11.6 Å². The number of aryl methyl sites for hydroxylation is 1. The van der Waals surface area contributed by atoms with Gasteiger partial charge in [-0.25, -0.2) is 4.98 Å². The van der Waals surface area contributed by atoms with Gasteiger partial charge in [0, 0.05) is 16.8 Å². The van der Waals surface area contributed by atoms with E-state index in [-0.39, 0.29) is 18.1 Å². The van der Waals surface area contributed by atoms with E-state index in [2.05, 4.69) is 4.98 Å². The summed E-state index contributed by atoms with van der Waals surface area (Å²) in [6.45, 7) is 1.77. The molecule has 2 aromatic carbocycles. The van der Waals surface area contributed by atoms with Gasteiger partial charge in [-0.05, 0) is 48.7 Å². The van der Waals surface area contributed by atoms with Crippen molar-refractivity contribution in [3.05, 3.63) is 117 Å². The molecule has 0 saturated carbocycles. The third kappa shape index (κ3) is 4.84. The molecular weight excluding hydrogens is 412 g/mol. The monoisotopic (exact) mass is 432 g/mol. The number of carbonyl (C=O) groups is 1. The van der Waals surface area contributed by atoms with E-state index in [0.717, 1.165) is 16.8 Å². The van der Waals surface area contributed by atoms with Crippen LogP contribution < -0.4 is 5.56 Å². The van der Waals surface area contributed by atoms with Gasteiger partial charge >= 0.3 is 5.97 Å². The van der Waals surface area contributed by atoms with E-state index in [1.165, 1.54) is 10.5 Å². The van der Waals surface area contributed by atoms with E-state index in [0.29, 0.717) is 22.8 Å². The largest absolute Gasteiger partial charge is 0.459 e. The number of carbonyl (C=O) groups excluding carboxylic acids is 1. The minimum Gasteiger partial charge on any atom is -0.459 e. The Hall–Kier alpha value is -3.44. The maximum Gasteiger partial charge on any atom is 0.314 e. The Morgan fingerprint density at radius 1 is 1.03 bits per heavy atom. The Bertz CT molecular complexity index is 1270. The van der Waals surface area contributed by atoms with Crippen LogP contribution in [0.5, 0.6) is 0 Å².